The van der Waals surface area contributed by atoms with Gasteiger partial charge in [-0.2, -0.15) is 5.10 Å². The van der Waals surface area contributed by atoms with E-state index in [2.05, 4.69) is 22.6 Å². The predicted molar refractivity (Wildman–Crippen MR) is 89.7 cm³/mol. The summed E-state index contributed by atoms with van der Waals surface area (Å²) < 4.78 is 1.85. The first-order chi connectivity index (χ1) is 10.6. The van der Waals surface area contributed by atoms with E-state index in [1.54, 1.807) is 17.4 Å². The summed E-state index contributed by atoms with van der Waals surface area (Å²) >= 11 is 1.73. The summed E-state index contributed by atoms with van der Waals surface area (Å²) in [7, 11) is 1.93. The summed E-state index contributed by atoms with van der Waals surface area (Å²) in [5.41, 5.74) is 3.08. The molecule has 2 aromatic heterocycles. The number of hydrogen-bond donors (Lipinski definition) is 0. The first-order valence-corrected chi connectivity index (χ1v) is 8.48. The zero-order chi connectivity index (χ0) is 15.7. The van der Waals surface area contributed by atoms with Crippen molar-refractivity contribution < 1.29 is 4.79 Å². The quantitative estimate of drug-likeness (QED) is 0.813. The van der Waals surface area contributed by atoms with Crippen LogP contribution in [0, 0.1) is 13.8 Å². The standard InChI is InChI=1S/C17H21N3OS/c1-12-14(13(2)19(3)18-12)8-9-17(21)20-10-4-6-15(20)16-7-5-11-22-16/h5,7-9,11,15H,4,6,10H2,1-3H3/b9-8+. The number of carbonyl (C=O) groups is 1. The average Bonchev–Trinajstić information content (AvgIpc) is 3.20. The molecule has 3 heterocycles. The molecule has 4 nitrogen and oxygen atoms in total. The zero-order valence-corrected chi connectivity index (χ0v) is 14.1. The fourth-order valence-corrected chi connectivity index (χ4v) is 3.96. The normalized spacial score (nSPS) is 18.5. The Morgan fingerprint density at radius 3 is 2.91 bits per heavy atom. The smallest absolute Gasteiger partial charge is 0.247 e. The molecule has 0 saturated carbocycles. The van der Waals surface area contributed by atoms with Gasteiger partial charge in [0.25, 0.3) is 0 Å². The van der Waals surface area contributed by atoms with E-state index in [-0.39, 0.29) is 11.9 Å². The van der Waals surface area contributed by atoms with E-state index >= 15 is 0 Å². The number of aromatic nitrogens is 2. The SMILES string of the molecule is Cc1nn(C)c(C)c1/C=C/C(=O)N1CCCC1c1cccs1. The van der Waals surface area contributed by atoms with Gasteiger partial charge in [-0.05, 0) is 44.2 Å². The van der Waals surface area contributed by atoms with Crippen LogP contribution in [0.1, 0.15) is 40.7 Å². The van der Waals surface area contributed by atoms with E-state index in [0.29, 0.717) is 0 Å². The second kappa shape index (κ2) is 6.08. The lowest BCUT2D eigenvalue weighted by Gasteiger charge is -2.22. The second-order valence-electron chi connectivity index (χ2n) is 5.75. The van der Waals surface area contributed by atoms with Crippen LogP contribution >= 0.6 is 11.3 Å². The maximum Gasteiger partial charge on any atom is 0.247 e. The second-order valence-corrected chi connectivity index (χ2v) is 6.73. The maximum atomic E-state index is 12.6. The molecule has 0 radical (unpaired) electrons. The third-order valence-corrected chi connectivity index (χ3v) is 5.34. The van der Waals surface area contributed by atoms with Crippen LogP contribution in [-0.2, 0) is 11.8 Å². The Labute approximate surface area is 135 Å². The third-order valence-electron chi connectivity index (χ3n) is 4.37. The van der Waals surface area contributed by atoms with Gasteiger partial charge in [-0.1, -0.05) is 6.07 Å². The Morgan fingerprint density at radius 2 is 2.27 bits per heavy atom. The molecule has 1 aliphatic heterocycles. The van der Waals surface area contributed by atoms with E-state index in [4.69, 9.17) is 0 Å². The van der Waals surface area contributed by atoms with Gasteiger partial charge in [0, 0.05) is 35.8 Å². The summed E-state index contributed by atoms with van der Waals surface area (Å²) in [6.45, 7) is 4.84. The minimum absolute atomic E-state index is 0.0959. The molecule has 1 saturated heterocycles. The zero-order valence-electron chi connectivity index (χ0n) is 13.2. The lowest BCUT2D eigenvalue weighted by Crippen LogP contribution is -2.28. The highest BCUT2D eigenvalue weighted by molar-refractivity contribution is 7.10. The molecule has 1 fully saturated rings. The molecule has 0 spiro atoms. The van der Waals surface area contributed by atoms with Crippen molar-refractivity contribution in [2.45, 2.75) is 32.7 Å². The summed E-state index contributed by atoms with van der Waals surface area (Å²) in [5, 5.41) is 6.46. The molecule has 1 aliphatic rings. The monoisotopic (exact) mass is 315 g/mol. The first-order valence-electron chi connectivity index (χ1n) is 7.60. The van der Waals surface area contributed by atoms with Crippen molar-refractivity contribution in [1.29, 1.82) is 0 Å². The van der Waals surface area contributed by atoms with Gasteiger partial charge in [-0.3, -0.25) is 9.48 Å². The van der Waals surface area contributed by atoms with Gasteiger partial charge in [-0.15, -0.1) is 11.3 Å². The van der Waals surface area contributed by atoms with E-state index in [0.717, 1.165) is 36.3 Å². The molecule has 0 aliphatic carbocycles. The molecular formula is C17H21N3OS. The van der Waals surface area contributed by atoms with Crippen molar-refractivity contribution in [3.8, 4) is 0 Å². The van der Waals surface area contributed by atoms with Crippen LogP contribution in [-0.4, -0.2) is 27.1 Å². The number of amides is 1. The Morgan fingerprint density at radius 1 is 1.45 bits per heavy atom. The van der Waals surface area contributed by atoms with Gasteiger partial charge >= 0.3 is 0 Å². The largest absolute Gasteiger partial charge is 0.331 e. The molecule has 1 amide bonds. The van der Waals surface area contributed by atoms with Gasteiger partial charge in [0.2, 0.25) is 5.91 Å². The van der Waals surface area contributed by atoms with Crippen molar-refractivity contribution in [3.05, 3.63) is 45.4 Å². The molecule has 116 valence electrons. The van der Waals surface area contributed by atoms with Crippen LogP contribution in [0.25, 0.3) is 6.08 Å². The van der Waals surface area contributed by atoms with Crippen molar-refractivity contribution in [2.24, 2.45) is 7.05 Å². The highest BCUT2D eigenvalue weighted by Gasteiger charge is 2.29. The first kappa shape index (κ1) is 15.0. The van der Waals surface area contributed by atoms with Gasteiger partial charge in [0.15, 0.2) is 0 Å². The van der Waals surface area contributed by atoms with Crippen LogP contribution in [0.5, 0.6) is 0 Å². The van der Waals surface area contributed by atoms with Crippen LogP contribution in [0.4, 0.5) is 0 Å². The lowest BCUT2D eigenvalue weighted by atomic mass is 10.1. The molecule has 0 N–H and O–H groups in total. The molecule has 22 heavy (non-hydrogen) atoms. The molecule has 0 aromatic carbocycles. The predicted octanol–water partition coefficient (Wildman–Crippen LogP) is 3.48. The number of nitrogens with zero attached hydrogens (tertiary/aromatic N) is 3. The lowest BCUT2D eigenvalue weighted by molar-refractivity contribution is -0.126. The maximum absolute atomic E-state index is 12.6. The van der Waals surface area contributed by atoms with Gasteiger partial charge in [0.1, 0.15) is 0 Å². The molecule has 3 rings (SSSR count). The van der Waals surface area contributed by atoms with Gasteiger partial charge in [-0.25, -0.2) is 0 Å². The van der Waals surface area contributed by atoms with Crippen molar-refractivity contribution >= 4 is 23.3 Å². The van der Waals surface area contributed by atoms with Crippen molar-refractivity contribution in [2.75, 3.05) is 6.54 Å². The minimum Gasteiger partial charge on any atom is -0.331 e. The van der Waals surface area contributed by atoms with E-state index in [9.17, 15) is 4.79 Å². The topological polar surface area (TPSA) is 38.1 Å². The number of hydrogen-bond acceptors (Lipinski definition) is 3. The van der Waals surface area contributed by atoms with E-state index in [1.165, 1.54) is 4.88 Å². The molecule has 1 unspecified atom stereocenters. The molecule has 2 aromatic rings. The van der Waals surface area contributed by atoms with Crippen LogP contribution < -0.4 is 0 Å². The highest BCUT2D eigenvalue weighted by atomic mass is 32.1. The number of rotatable bonds is 3. The molecule has 0 bridgehead atoms. The average molecular weight is 315 g/mol. The van der Waals surface area contributed by atoms with Crippen LogP contribution in [0.2, 0.25) is 0 Å². The van der Waals surface area contributed by atoms with Crippen LogP contribution in [0.3, 0.4) is 0 Å². The minimum atomic E-state index is 0.0959. The number of carbonyl (C=O) groups excluding carboxylic acids is 1. The fourth-order valence-electron chi connectivity index (χ4n) is 3.09. The molecular weight excluding hydrogens is 294 g/mol. The summed E-state index contributed by atoms with van der Waals surface area (Å²) in [6, 6.07) is 4.42. The van der Waals surface area contributed by atoms with E-state index in [1.807, 2.05) is 36.6 Å². The summed E-state index contributed by atoms with van der Waals surface area (Å²) in [4.78, 5) is 15.8. The van der Waals surface area contributed by atoms with Gasteiger partial charge < -0.3 is 4.90 Å². The Hall–Kier alpha value is -1.88. The van der Waals surface area contributed by atoms with Gasteiger partial charge in [0.05, 0.1) is 11.7 Å². The fraction of sp³-hybridized carbons (Fsp3) is 0.412. The Bertz CT molecular complexity index is 700. The third kappa shape index (κ3) is 2.73. The summed E-state index contributed by atoms with van der Waals surface area (Å²) in [6.07, 6.45) is 5.74. The Balaban J connectivity index is 1.78. The molecule has 5 heteroatoms. The van der Waals surface area contributed by atoms with E-state index < -0.39 is 0 Å². The number of aryl methyl sites for hydroxylation is 2. The molecule has 1 atom stereocenters. The van der Waals surface area contributed by atoms with Crippen LogP contribution in [0.15, 0.2) is 23.6 Å². The highest BCUT2D eigenvalue weighted by Crippen LogP contribution is 2.34. The summed E-state index contributed by atoms with van der Waals surface area (Å²) in [5.74, 6) is 0.0959. The van der Waals surface area contributed by atoms with Crippen molar-refractivity contribution in [1.82, 2.24) is 14.7 Å². The Kier molecular flexibility index (Phi) is 4.16. The number of thiophene rings is 1. The number of likely N-dealkylation sites (tertiary alicyclic amines) is 1. The van der Waals surface area contributed by atoms with Crippen molar-refractivity contribution in [3.63, 3.8) is 0 Å².